The summed E-state index contributed by atoms with van der Waals surface area (Å²) in [5, 5.41) is 2.97. The molecule has 0 saturated carbocycles. The summed E-state index contributed by atoms with van der Waals surface area (Å²) in [6.45, 7) is 0. The van der Waals surface area contributed by atoms with Crippen molar-refractivity contribution in [2.45, 2.75) is 5.16 Å². The van der Waals surface area contributed by atoms with Gasteiger partial charge in [0.05, 0.1) is 42.5 Å². The number of anilines is 1. The molecular formula is C21H21N3O5S. The summed E-state index contributed by atoms with van der Waals surface area (Å²) in [5.41, 5.74) is 2.53. The van der Waals surface area contributed by atoms with Gasteiger partial charge in [0.15, 0.2) is 5.16 Å². The smallest absolute Gasteiger partial charge is 0.337 e. The molecule has 0 aliphatic rings. The molecule has 156 valence electrons. The molecule has 9 heteroatoms. The Bertz CT molecular complexity index is 1080. The second kappa shape index (κ2) is 9.36. The largest absolute Gasteiger partial charge is 0.497 e. The van der Waals surface area contributed by atoms with Crippen molar-refractivity contribution in [2.24, 2.45) is 7.05 Å². The number of carbonyl (C=O) groups excluding carboxylic acids is 2. The number of methoxy groups -OCH3 is 2. The molecule has 0 saturated heterocycles. The van der Waals surface area contributed by atoms with Gasteiger partial charge < -0.3 is 19.4 Å². The van der Waals surface area contributed by atoms with Crippen LogP contribution in [-0.2, 0) is 27.4 Å². The molecular weight excluding hydrogens is 406 g/mol. The van der Waals surface area contributed by atoms with Crippen LogP contribution in [0.5, 0.6) is 5.75 Å². The number of imidazole rings is 1. The van der Waals surface area contributed by atoms with E-state index in [1.165, 1.54) is 19.2 Å². The van der Waals surface area contributed by atoms with Gasteiger partial charge in [0, 0.05) is 18.3 Å². The molecule has 0 fully saturated rings. The van der Waals surface area contributed by atoms with Crippen molar-refractivity contribution in [3.05, 3.63) is 60.3 Å². The van der Waals surface area contributed by atoms with Crippen LogP contribution < -0.4 is 10.1 Å². The Kier molecular flexibility index (Phi) is 6.63. The molecule has 0 bridgehead atoms. The highest BCUT2D eigenvalue weighted by atomic mass is 32.2. The Morgan fingerprint density at radius 1 is 1.07 bits per heavy atom. The first kappa shape index (κ1) is 21.3. The van der Waals surface area contributed by atoms with Crippen LogP contribution in [0.1, 0.15) is 10.4 Å². The number of carbonyl (C=O) groups is 2. The van der Waals surface area contributed by atoms with Crippen LogP contribution in [0.15, 0.2) is 59.9 Å². The van der Waals surface area contributed by atoms with Crippen molar-refractivity contribution < 1.29 is 23.3 Å². The van der Waals surface area contributed by atoms with Crippen molar-refractivity contribution >= 4 is 28.4 Å². The van der Waals surface area contributed by atoms with Gasteiger partial charge >= 0.3 is 5.97 Å². The van der Waals surface area contributed by atoms with E-state index in [9.17, 15) is 13.8 Å². The molecule has 1 amide bonds. The molecule has 1 aromatic heterocycles. The number of hydrogen-bond donors (Lipinski definition) is 1. The highest BCUT2D eigenvalue weighted by Gasteiger charge is 2.18. The van der Waals surface area contributed by atoms with Crippen molar-refractivity contribution in [2.75, 3.05) is 25.3 Å². The third-order valence-corrected chi connectivity index (χ3v) is 5.70. The van der Waals surface area contributed by atoms with Gasteiger partial charge in [0.25, 0.3) is 0 Å². The summed E-state index contributed by atoms with van der Waals surface area (Å²) < 4.78 is 24.2. The monoisotopic (exact) mass is 427 g/mol. The fourth-order valence-corrected chi connectivity index (χ4v) is 3.84. The molecule has 1 unspecified atom stereocenters. The van der Waals surface area contributed by atoms with Crippen molar-refractivity contribution in [3.8, 4) is 17.0 Å². The average molecular weight is 427 g/mol. The first-order chi connectivity index (χ1) is 14.4. The van der Waals surface area contributed by atoms with E-state index in [-0.39, 0.29) is 5.75 Å². The minimum Gasteiger partial charge on any atom is -0.497 e. The van der Waals surface area contributed by atoms with Crippen molar-refractivity contribution in [3.63, 3.8) is 0 Å². The third kappa shape index (κ3) is 4.74. The van der Waals surface area contributed by atoms with Gasteiger partial charge in [0.1, 0.15) is 11.5 Å². The number of nitrogens with one attached hydrogen (secondary N) is 1. The fourth-order valence-electron chi connectivity index (χ4n) is 2.82. The van der Waals surface area contributed by atoms with Crippen LogP contribution in [-0.4, -0.2) is 45.6 Å². The number of aromatic nitrogens is 2. The number of hydrogen-bond acceptors (Lipinski definition) is 6. The molecule has 30 heavy (non-hydrogen) atoms. The maximum atomic E-state index is 12.7. The summed E-state index contributed by atoms with van der Waals surface area (Å²) >= 11 is 0. The molecule has 2 aromatic carbocycles. The lowest BCUT2D eigenvalue weighted by Crippen LogP contribution is -2.21. The number of amides is 1. The SMILES string of the molecule is COC(=O)c1ccc(NC(=O)CS(=O)c2ncc(-c3ccc(OC)cc3)n2C)cc1. The van der Waals surface area contributed by atoms with E-state index in [0.29, 0.717) is 16.4 Å². The lowest BCUT2D eigenvalue weighted by atomic mass is 10.1. The summed E-state index contributed by atoms with van der Waals surface area (Å²) in [6.07, 6.45) is 1.62. The Hall–Kier alpha value is -3.46. The van der Waals surface area contributed by atoms with E-state index < -0.39 is 22.7 Å². The highest BCUT2D eigenvalue weighted by Crippen LogP contribution is 2.23. The van der Waals surface area contributed by atoms with Gasteiger partial charge in [-0.15, -0.1) is 0 Å². The van der Waals surface area contributed by atoms with E-state index in [1.54, 1.807) is 37.1 Å². The molecule has 1 atom stereocenters. The minimum absolute atomic E-state index is 0.244. The predicted molar refractivity (Wildman–Crippen MR) is 113 cm³/mol. The first-order valence-electron chi connectivity index (χ1n) is 8.95. The van der Waals surface area contributed by atoms with Gasteiger partial charge in [-0.25, -0.2) is 9.78 Å². The quantitative estimate of drug-likeness (QED) is 0.582. The van der Waals surface area contributed by atoms with E-state index >= 15 is 0 Å². The zero-order valence-electron chi connectivity index (χ0n) is 16.7. The number of nitrogens with zero attached hydrogens (tertiary/aromatic N) is 2. The van der Waals surface area contributed by atoms with Gasteiger partial charge in [-0.2, -0.15) is 0 Å². The zero-order valence-corrected chi connectivity index (χ0v) is 17.6. The van der Waals surface area contributed by atoms with E-state index in [1.807, 2.05) is 24.3 Å². The molecule has 0 spiro atoms. The lowest BCUT2D eigenvalue weighted by molar-refractivity contribution is -0.113. The number of benzene rings is 2. The third-order valence-electron chi connectivity index (χ3n) is 4.39. The molecule has 1 N–H and O–H groups in total. The van der Waals surface area contributed by atoms with E-state index in [0.717, 1.165) is 17.0 Å². The minimum atomic E-state index is -1.63. The van der Waals surface area contributed by atoms with E-state index in [4.69, 9.17) is 4.74 Å². The molecule has 8 nitrogen and oxygen atoms in total. The molecule has 3 rings (SSSR count). The van der Waals surface area contributed by atoms with Gasteiger partial charge in [0.2, 0.25) is 5.91 Å². The van der Waals surface area contributed by atoms with E-state index in [2.05, 4.69) is 15.0 Å². The first-order valence-corrected chi connectivity index (χ1v) is 10.3. The Morgan fingerprint density at radius 3 is 2.33 bits per heavy atom. The normalized spacial score (nSPS) is 11.6. The van der Waals surface area contributed by atoms with Crippen LogP contribution in [0.3, 0.4) is 0 Å². The fraction of sp³-hybridized carbons (Fsp3) is 0.190. The second-order valence-corrected chi connectivity index (χ2v) is 7.67. The van der Waals surface area contributed by atoms with Crippen molar-refractivity contribution in [1.29, 1.82) is 0 Å². The maximum absolute atomic E-state index is 12.7. The summed E-state index contributed by atoms with van der Waals surface area (Å²) in [5.74, 6) is -0.392. The standard InChI is InChI=1S/C21H21N3O5S/c1-24-18(14-6-10-17(28-2)11-7-14)12-22-21(24)30(27)13-19(25)23-16-8-4-15(5-9-16)20(26)29-3/h4-12H,13H2,1-3H3,(H,23,25). The summed E-state index contributed by atoms with van der Waals surface area (Å²) in [7, 11) is 3.02. The maximum Gasteiger partial charge on any atom is 0.337 e. The van der Waals surface area contributed by atoms with Crippen LogP contribution in [0, 0.1) is 0 Å². The molecule has 1 heterocycles. The number of rotatable bonds is 7. The van der Waals surface area contributed by atoms with Crippen LogP contribution in [0.2, 0.25) is 0 Å². The summed E-state index contributed by atoms with van der Waals surface area (Å²) in [4.78, 5) is 28.0. The topological polar surface area (TPSA) is 99.5 Å². The Balaban J connectivity index is 1.66. The highest BCUT2D eigenvalue weighted by molar-refractivity contribution is 7.85. The van der Waals surface area contributed by atoms with Crippen LogP contribution in [0.4, 0.5) is 5.69 Å². The van der Waals surface area contributed by atoms with Gasteiger partial charge in [-0.05, 0) is 48.5 Å². The molecule has 3 aromatic rings. The number of esters is 1. The van der Waals surface area contributed by atoms with Gasteiger partial charge in [-0.3, -0.25) is 9.00 Å². The van der Waals surface area contributed by atoms with Crippen LogP contribution in [0.25, 0.3) is 11.3 Å². The van der Waals surface area contributed by atoms with Crippen molar-refractivity contribution in [1.82, 2.24) is 9.55 Å². The Morgan fingerprint density at radius 2 is 1.73 bits per heavy atom. The zero-order chi connectivity index (χ0) is 21.7. The second-order valence-electron chi connectivity index (χ2n) is 6.32. The molecule has 0 aliphatic carbocycles. The Labute approximate surface area is 176 Å². The predicted octanol–water partition coefficient (Wildman–Crippen LogP) is 2.63. The molecule has 0 aliphatic heterocycles. The number of ether oxygens (including phenoxy) is 2. The average Bonchev–Trinajstić information content (AvgIpc) is 3.15. The lowest BCUT2D eigenvalue weighted by Gasteiger charge is -2.08. The van der Waals surface area contributed by atoms with Crippen LogP contribution >= 0.6 is 0 Å². The molecule has 0 radical (unpaired) electrons. The van der Waals surface area contributed by atoms with Gasteiger partial charge in [-0.1, -0.05) is 0 Å². The summed E-state index contributed by atoms with van der Waals surface area (Å²) in [6, 6.07) is 13.7.